The quantitative estimate of drug-likeness (QED) is 0.502. The van der Waals surface area contributed by atoms with Crippen molar-refractivity contribution in [3.63, 3.8) is 0 Å². The van der Waals surface area contributed by atoms with E-state index in [1.165, 1.54) is 16.7 Å². The highest BCUT2D eigenvalue weighted by Gasteiger charge is 2.27. The summed E-state index contributed by atoms with van der Waals surface area (Å²) in [7, 11) is 3.38. The maximum Gasteiger partial charge on any atom is 0.126 e. The van der Waals surface area contributed by atoms with E-state index in [0.29, 0.717) is 0 Å². The molecule has 0 amide bonds. The molecule has 1 aliphatic rings. The summed E-state index contributed by atoms with van der Waals surface area (Å²) in [5, 5.41) is 2.90. The molecular formula is C20H15ClO2. The molecular weight excluding hydrogens is 308 g/mol. The number of hydrogen-bond acceptors (Lipinski definition) is 2. The van der Waals surface area contributed by atoms with Gasteiger partial charge in [-0.25, -0.2) is 0 Å². The normalized spacial score (nSPS) is 12.0. The van der Waals surface area contributed by atoms with Gasteiger partial charge in [-0.05, 0) is 64.7 Å². The Morgan fingerprint density at radius 2 is 1.30 bits per heavy atom. The van der Waals surface area contributed by atoms with Gasteiger partial charge in [-0.15, -0.1) is 0 Å². The SMILES string of the molecule is COc1ccc(OC)c2cc3c(cc12)C3=Cc1ccc(Cl)cc1. The molecule has 4 rings (SSSR count). The number of methoxy groups -OCH3 is 2. The van der Waals surface area contributed by atoms with Crippen LogP contribution in [0.5, 0.6) is 11.5 Å². The zero-order chi connectivity index (χ0) is 16.0. The fourth-order valence-electron chi connectivity index (χ4n) is 2.96. The second-order valence-electron chi connectivity index (χ2n) is 5.52. The molecule has 23 heavy (non-hydrogen) atoms. The van der Waals surface area contributed by atoms with Gasteiger partial charge in [-0.1, -0.05) is 23.7 Å². The molecule has 3 aromatic rings. The summed E-state index contributed by atoms with van der Waals surface area (Å²) in [5.74, 6) is 1.72. The summed E-state index contributed by atoms with van der Waals surface area (Å²) in [6, 6.07) is 16.1. The van der Waals surface area contributed by atoms with E-state index in [1.54, 1.807) is 14.2 Å². The highest BCUT2D eigenvalue weighted by atomic mass is 35.5. The molecule has 2 nitrogen and oxygen atoms in total. The maximum absolute atomic E-state index is 5.94. The van der Waals surface area contributed by atoms with Crippen molar-refractivity contribution in [2.75, 3.05) is 14.2 Å². The van der Waals surface area contributed by atoms with E-state index in [4.69, 9.17) is 21.1 Å². The van der Waals surface area contributed by atoms with Crippen LogP contribution in [-0.2, 0) is 0 Å². The predicted octanol–water partition coefficient (Wildman–Crippen LogP) is 5.41. The van der Waals surface area contributed by atoms with Crippen molar-refractivity contribution >= 4 is 34.0 Å². The van der Waals surface area contributed by atoms with Gasteiger partial charge in [0.15, 0.2) is 0 Å². The minimum absolute atomic E-state index is 0.751. The Hall–Kier alpha value is -2.45. The smallest absolute Gasteiger partial charge is 0.126 e. The van der Waals surface area contributed by atoms with Crippen LogP contribution >= 0.6 is 11.6 Å². The lowest BCUT2D eigenvalue weighted by atomic mass is 10.1. The lowest BCUT2D eigenvalue weighted by Crippen LogP contribution is -1.88. The summed E-state index contributed by atoms with van der Waals surface area (Å²) in [5.41, 5.74) is 4.93. The van der Waals surface area contributed by atoms with Gasteiger partial charge in [0.2, 0.25) is 0 Å². The van der Waals surface area contributed by atoms with Crippen LogP contribution in [0, 0.1) is 0 Å². The number of fused-ring (bicyclic) bond motifs is 2. The van der Waals surface area contributed by atoms with Gasteiger partial charge < -0.3 is 9.47 Å². The molecule has 0 aromatic heterocycles. The fraction of sp³-hybridized carbons (Fsp3) is 0.100. The Morgan fingerprint density at radius 1 is 0.783 bits per heavy atom. The third-order valence-electron chi connectivity index (χ3n) is 4.21. The lowest BCUT2D eigenvalue weighted by molar-refractivity contribution is 0.410. The highest BCUT2D eigenvalue weighted by Crippen LogP contribution is 2.48. The Balaban J connectivity index is 1.83. The Bertz CT molecular complexity index is 888. The molecule has 0 radical (unpaired) electrons. The molecule has 3 heteroatoms. The van der Waals surface area contributed by atoms with Crippen LogP contribution in [0.1, 0.15) is 16.7 Å². The third-order valence-corrected chi connectivity index (χ3v) is 4.47. The average molecular weight is 323 g/mol. The van der Waals surface area contributed by atoms with Crippen LogP contribution in [0.15, 0.2) is 48.5 Å². The van der Waals surface area contributed by atoms with E-state index in [-0.39, 0.29) is 0 Å². The first kappa shape index (κ1) is 14.2. The standard InChI is InChI=1S/C20H15ClO2/c1-22-19-7-8-20(23-2)18-11-16-14(15(16)10-17(18)19)9-12-3-5-13(21)6-4-12/h3-11H,1-2H3. The van der Waals surface area contributed by atoms with Crippen LogP contribution in [0.4, 0.5) is 0 Å². The van der Waals surface area contributed by atoms with Crippen molar-refractivity contribution in [3.8, 4) is 11.5 Å². The van der Waals surface area contributed by atoms with E-state index in [9.17, 15) is 0 Å². The van der Waals surface area contributed by atoms with Crippen LogP contribution in [-0.4, -0.2) is 14.2 Å². The molecule has 1 aliphatic carbocycles. The van der Waals surface area contributed by atoms with Crippen molar-refractivity contribution in [2.24, 2.45) is 0 Å². The minimum Gasteiger partial charge on any atom is -0.496 e. The summed E-state index contributed by atoms with van der Waals surface area (Å²) in [6.45, 7) is 0. The average Bonchev–Trinajstić information content (AvgIpc) is 3.25. The largest absolute Gasteiger partial charge is 0.496 e. The Morgan fingerprint density at radius 3 is 1.78 bits per heavy atom. The van der Waals surface area contributed by atoms with Gasteiger partial charge >= 0.3 is 0 Å². The molecule has 0 spiro atoms. The molecule has 3 aromatic carbocycles. The monoisotopic (exact) mass is 322 g/mol. The first-order valence-electron chi connectivity index (χ1n) is 7.38. The van der Waals surface area contributed by atoms with Gasteiger partial charge in [0.05, 0.1) is 14.2 Å². The molecule has 0 atom stereocenters. The van der Waals surface area contributed by atoms with E-state index in [1.807, 2.05) is 36.4 Å². The van der Waals surface area contributed by atoms with E-state index < -0.39 is 0 Å². The zero-order valence-electron chi connectivity index (χ0n) is 12.9. The fourth-order valence-corrected chi connectivity index (χ4v) is 3.09. The number of rotatable bonds is 3. The van der Waals surface area contributed by atoms with Crippen LogP contribution in [0.2, 0.25) is 5.02 Å². The predicted molar refractivity (Wildman–Crippen MR) is 95.5 cm³/mol. The number of ether oxygens (including phenoxy) is 2. The minimum atomic E-state index is 0.751. The molecule has 0 bridgehead atoms. The molecule has 114 valence electrons. The molecule has 0 heterocycles. The number of benzene rings is 3. The van der Waals surface area contributed by atoms with E-state index in [2.05, 4.69) is 18.2 Å². The molecule has 0 fully saturated rings. The summed E-state index contributed by atoms with van der Waals surface area (Å²) >= 11 is 5.94. The van der Waals surface area contributed by atoms with E-state index in [0.717, 1.165) is 32.9 Å². The second kappa shape index (κ2) is 5.32. The first-order chi connectivity index (χ1) is 11.2. The summed E-state index contributed by atoms with van der Waals surface area (Å²) < 4.78 is 11.0. The molecule has 0 saturated carbocycles. The molecule has 0 saturated heterocycles. The van der Waals surface area contributed by atoms with Gasteiger partial charge in [0.25, 0.3) is 0 Å². The zero-order valence-corrected chi connectivity index (χ0v) is 13.6. The van der Waals surface area contributed by atoms with Crippen molar-refractivity contribution < 1.29 is 9.47 Å². The van der Waals surface area contributed by atoms with Crippen LogP contribution < -0.4 is 9.47 Å². The van der Waals surface area contributed by atoms with Gasteiger partial charge in [0.1, 0.15) is 11.5 Å². The van der Waals surface area contributed by atoms with Gasteiger partial charge in [-0.3, -0.25) is 0 Å². The topological polar surface area (TPSA) is 18.5 Å². The molecule has 0 aliphatic heterocycles. The lowest BCUT2D eigenvalue weighted by Gasteiger charge is -2.08. The van der Waals surface area contributed by atoms with Crippen molar-refractivity contribution in [1.82, 2.24) is 0 Å². The third kappa shape index (κ3) is 2.36. The summed E-state index contributed by atoms with van der Waals surface area (Å²) in [6.07, 6.45) is 2.18. The van der Waals surface area contributed by atoms with E-state index >= 15 is 0 Å². The maximum atomic E-state index is 5.94. The van der Waals surface area contributed by atoms with Crippen molar-refractivity contribution in [3.05, 3.63) is 70.2 Å². The number of halogens is 1. The Kier molecular flexibility index (Phi) is 3.28. The van der Waals surface area contributed by atoms with Crippen molar-refractivity contribution in [1.29, 1.82) is 0 Å². The van der Waals surface area contributed by atoms with Crippen molar-refractivity contribution in [2.45, 2.75) is 0 Å². The van der Waals surface area contributed by atoms with Crippen LogP contribution in [0.3, 0.4) is 0 Å². The molecule has 0 N–H and O–H groups in total. The first-order valence-corrected chi connectivity index (χ1v) is 7.76. The van der Waals surface area contributed by atoms with Gasteiger partial charge in [-0.2, -0.15) is 0 Å². The molecule has 0 unspecified atom stereocenters. The van der Waals surface area contributed by atoms with Gasteiger partial charge in [0, 0.05) is 15.8 Å². The highest BCUT2D eigenvalue weighted by molar-refractivity contribution is 6.30. The second-order valence-corrected chi connectivity index (χ2v) is 5.96. The summed E-state index contributed by atoms with van der Waals surface area (Å²) in [4.78, 5) is 0. The van der Waals surface area contributed by atoms with Crippen LogP contribution in [0.25, 0.3) is 22.4 Å². The number of hydrogen-bond donors (Lipinski definition) is 0. The Labute approximate surface area is 139 Å².